The zero-order chi connectivity index (χ0) is 27.2. The van der Waals surface area contributed by atoms with Crippen LogP contribution in [-0.2, 0) is 16.1 Å². The van der Waals surface area contributed by atoms with E-state index in [1.165, 1.54) is 40.8 Å². The maximum Gasteiger partial charge on any atom is 0.249 e. The van der Waals surface area contributed by atoms with Gasteiger partial charge in [-0.15, -0.1) is 5.10 Å². The summed E-state index contributed by atoms with van der Waals surface area (Å²) in [6.45, 7) is 5.74. The molecule has 8 nitrogen and oxygen atoms in total. The molecule has 0 spiro atoms. The molecular formula is C29H30FN5O3. The number of ketones is 1. The predicted octanol–water partition coefficient (Wildman–Crippen LogP) is 4.71. The Labute approximate surface area is 220 Å². The van der Waals surface area contributed by atoms with E-state index in [9.17, 15) is 18.8 Å². The van der Waals surface area contributed by atoms with E-state index in [2.05, 4.69) is 29.5 Å². The third-order valence-electron chi connectivity index (χ3n) is 6.22. The molecule has 1 unspecified atom stereocenters. The summed E-state index contributed by atoms with van der Waals surface area (Å²) >= 11 is 0. The van der Waals surface area contributed by atoms with Crippen LogP contribution in [0.1, 0.15) is 49.2 Å². The van der Waals surface area contributed by atoms with Crippen molar-refractivity contribution >= 4 is 34.3 Å². The van der Waals surface area contributed by atoms with Gasteiger partial charge in [-0.25, -0.2) is 9.07 Å². The Hall–Kier alpha value is -4.40. The van der Waals surface area contributed by atoms with Crippen molar-refractivity contribution in [3.8, 4) is 0 Å². The number of para-hydroxylation sites is 1. The van der Waals surface area contributed by atoms with E-state index in [0.717, 1.165) is 6.42 Å². The second kappa shape index (κ2) is 11.8. The van der Waals surface area contributed by atoms with E-state index >= 15 is 0 Å². The maximum atomic E-state index is 14.0. The normalized spacial score (nSPS) is 11.9. The van der Waals surface area contributed by atoms with Gasteiger partial charge in [0.15, 0.2) is 5.78 Å². The lowest BCUT2D eigenvalue weighted by Crippen LogP contribution is -2.45. The second-order valence-corrected chi connectivity index (χ2v) is 9.53. The van der Waals surface area contributed by atoms with Gasteiger partial charge in [0.2, 0.25) is 11.8 Å². The number of nitrogens with one attached hydrogen (secondary N) is 1. The number of nitrogens with zero attached hydrogens (tertiary/aromatic N) is 4. The third kappa shape index (κ3) is 6.11. The summed E-state index contributed by atoms with van der Waals surface area (Å²) < 4.78 is 15.3. The summed E-state index contributed by atoms with van der Waals surface area (Å²) in [6.07, 6.45) is 0.751. The van der Waals surface area contributed by atoms with Crippen LogP contribution in [0.5, 0.6) is 0 Å². The number of hydrogen-bond acceptors (Lipinski definition) is 5. The first kappa shape index (κ1) is 26.7. The monoisotopic (exact) mass is 515 g/mol. The molecule has 0 aliphatic heterocycles. The van der Waals surface area contributed by atoms with Crippen molar-refractivity contribution in [2.24, 2.45) is 5.92 Å². The van der Waals surface area contributed by atoms with Crippen molar-refractivity contribution in [3.05, 3.63) is 89.7 Å². The summed E-state index contributed by atoms with van der Waals surface area (Å²) in [6, 6.07) is 18.2. The Morgan fingerprint density at radius 3 is 2.45 bits per heavy atom. The molecule has 0 saturated carbocycles. The molecule has 9 heteroatoms. The molecule has 196 valence electrons. The number of carbonyl (C=O) groups excluding carboxylic acids is 3. The van der Waals surface area contributed by atoms with Crippen LogP contribution in [0.2, 0.25) is 0 Å². The minimum atomic E-state index is -1.12. The number of Topliss-reactive ketones (excluding diaryl/α,β-unsaturated/α-hetero) is 1. The number of hydrogen-bond donors (Lipinski definition) is 1. The number of halogens is 1. The van der Waals surface area contributed by atoms with Crippen LogP contribution in [0.25, 0.3) is 11.0 Å². The van der Waals surface area contributed by atoms with Crippen molar-refractivity contribution in [2.45, 2.75) is 39.8 Å². The van der Waals surface area contributed by atoms with Crippen molar-refractivity contribution in [1.29, 1.82) is 0 Å². The van der Waals surface area contributed by atoms with Crippen molar-refractivity contribution in [3.63, 3.8) is 0 Å². The van der Waals surface area contributed by atoms with Gasteiger partial charge in [-0.05, 0) is 61.2 Å². The maximum absolute atomic E-state index is 14.0. The van der Waals surface area contributed by atoms with Crippen LogP contribution in [0.4, 0.5) is 10.1 Å². The smallest absolute Gasteiger partial charge is 0.249 e. The van der Waals surface area contributed by atoms with Gasteiger partial charge in [0.05, 0.1) is 5.52 Å². The molecule has 0 fully saturated rings. The van der Waals surface area contributed by atoms with Crippen molar-refractivity contribution < 1.29 is 18.8 Å². The summed E-state index contributed by atoms with van der Waals surface area (Å²) in [4.78, 5) is 41.2. The van der Waals surface area contributed by atoms with Crippen LogP contribution < -0.4 is 10.2 Å². The molecule has 2 amide bonds. The Kier molecular flexibility index (Phi) is 8.25. The summed E-state index contributed by atoms with van der Waals surface area (Å²) in [5.74, 6) is -1.14. The molecule has 3 aromatic carbocycles. The number of amides is 2. The van der Waals surface area contributed by atoms with Crippen LogP contribution in [-0.4, -0.2) is 39.1 Å². The minimum absolute atomic E-state index is 0.179. The lowest BCUT2D eigenvalue weighted by molar-refractivity contribution is -0.127. The van der Waals surface area contributed by atoms with E-state index in [1.807, 2.05) is 12.1 Å². The standard InChI is InChI=1S/C29H30FN5O3/c1-19(2)15-16-31-29(38)28(21-11-13-23(30)14-12-21)35(24-8-6-7-22(17-24)20(3)36)27(37)18-34-26-10-5-4-9-25(26)32-33-34/h4-14,17,19,28H,15-16,18H2,1-3H3,(H,31,38). The Morgan fingerprint density at radius 1 is 1.00 bits per heavy atom. The average Bonchev–Trinajstić information content (AvgIpc) is 3.30. The molecule has 0 aliphatic carbocycles. The van der Waals surface area contributed by atoms with Gasteiger partial charge in [-0.3, -0.25) is 19.3 Å². The van der Waals surface area contributed by atoms with Gasteiger partial charge < -0.3 is 5.32 Å². The van der Waals surface area contributed by atoms with E-state index in [4.69, 9.17) is 0 Å². The fraction of sp³-hybridized carbons (Fsp3) is 0.276. The molecule has 0 bridgehead atoms. The first-order valence-electron chi connectivity index (χ1n) is 12.5. The molecule has 0 aliphatic rings. The highest BCUT2D eigenvalue weighted by Crippen LogP contribution is 2.30. The zero-order valence-corrected chi connectivity index (χ0v) is 21.6. The van der Waals surface area contributed by atoms with Gasteiger partial charge >= 0.3 is 0 Å². The molecule has 1 heterocycles. The van der Waals surface area contributed by atoms with Crippen molar-refractivity contribution in [2.75, 3.05) is 11.4 Å². The van der Waals surface area contributed by atoms with E-state index < -0.39 is 23.7 Å². The van der Waals surface area contributed by atoms with Crippen LogP contribution in [0, 0.1) is 11.7 Å². The Balaban J connectivity index is 1.80. The summed E-state index contributed by atoms with van der Waals surface area (Å²) in [7, 11) is 0. The first-order chi connectivity index (χ1) is 18.2. The van der Waals surface area contributed by atoms with Crippen LogP contribution in [0.15, 0.2) is 72.8 Å². The highest BCUT2D eigenvalue weighted by molar-refractivity contribution is 6.03. The van der Waals surface area contributed by atoms with Gasteiger partial charge in [-0.1, -0.05) is 55.5 Å². The molecule has 4 aromatic rings. The van der Waals surface area contributed by atoms with Gasteiger partial charge in [0.1, 0.15) is 23.9 Å². The molecule has 0 radical (unpaired) electrons. The largest absolute Gasteiger partial charge is 0.354 e. The van der Waals surface area contributed by atoms with Crippen LogP contribution in [0.3, 0.4) is 0 Å². The lowest BCUT2D eigenvalue weighted by atomic mass is 10.0. The molecular weight excluding hydrogens is 485 g/mol. The Morgan fingerprint density at radius 2 is 1.74 bits per heavy atom. The fourth-order valence-corrected chi connectivity index (χ4v) is 4.19. The van der Waals surface area contributed by atoms with E-state index in [0.29, 0.717) is 40.3 Å². The highest BCUT2D eigenvalue weighted by Gasteiger charge is 2.33. The topological polar surface area (TPSA) is 97.2 Å². The predicted molar refractivity (Wildman–Crippen MR) is 143 cm³/mol. The molecule has 1 aromatic heterocycles. The third-order valence-corrected chi connectivity index (χ3v) is 6.22. The number of fused-ring (bicyclic) bond motifs is 1. The second-order valence-electron chi connectivity index (χ2n) is 9.53. The number of carbonyl (C=O) groups is 3. The first-order valence-corrected chi connectivity index (χ1v) is 12.5. The highest BCUT2D eigenvalue weighted by atomic mass is 19.1. The lowest BCUT2D eigenvalue weighted by Gasteiger charge is -2.32. The molecule has 1 atom stereocenters. The SMILES string of the molecule is CC(=O)c1cccc(N(C(=O)Cn2nnc3ccccc32)C(C(=O)NCCC(C)C)c2ccc(F)cc2)c1. The quantitative estimate of drug-likeness (QED) is 0.309. The number of benzene rings is 3. The molecule has 4 rings (SSSR count). The Bertz CT molecular complexity index is 1450. The number of rotatable bonds is 10. The van der Waals surface area contributed by atoms with Crippen molar-refractivity contribution in [1.82, 2.24) is 20.3 Å². The van der Waals surface area contributed by atoms with E-state index in [1.54, 1.807) is 36.4 Å². The van der Waals surface area contributed by atoms with Gasteiger partial charge in [0, 0.05) is 17.8 Å². The fourth-order valence-electron chi connectivity index (χ4n) is 4.19. The molecule has 38 heavy (non-hydrogen) atoms. The molecule has 0 saturated heterocycles. The van der Waals surface area contributed by atoms with Gasteiger partial charge in [-0.2, -0.15) is 0 Å². The van der Waals surface area contributed by atoms with E-state index in [-0.39, 0.29) is 12.3 Å². The number of aromatic nitrogens is 3. The summed E-state index contributed by atoms with van der Waals surface area (Å²) in [5.41, 5.74) is 2.48. The van der Waals surface area contributed by atoms with Gasteiger partial charge in [0.25, 0.3) is 0 Å². The zero-order valence-electron chi connectivity index (χ0n) is 21.6. The summed E-state index contributed by atoms with van der Waals surface area (Å²) in [5, 5.41) is 11.2. The number of anilines is 1. The molecule has 1 N–H and O–H groups in total. The van der Waals surface area contributed by atoms with Crippen LogP contribution >= 0.6 is 0 Å². The minimum Gasteiger partial charge on any atom is -0.354 e. The average molecular weight is 516 g/mol.